The smallest absolute Gasteiger partial charge is 0.251 e. The summed E-state index contributed by atoms with van der Waals surface area (Å²) in [6.07, 6.45) is 3.16. The molecule has 2 aromatic rings. The highest BCUT2D eigenvalue weighted by molar-refractivity contribution is 5.95. The fraction of sp³-hybridized carbons (Fsp3) is 0.438. The Hall–Kier alpha value is -2.37. The third-order valence-corrected chi connectivity index (χ3v) is 3.60. The number of carbonyl (C=O) groups excluding carboxylic acids is 1. The zero-order chi connectivity index (χ0) is 16.1. The van der Waals surface area contributed by atoms with Gasteiger partial charge in [-0.3, -0.25) is 9.48 Å². The van der Waals surface area contributed by atoms with Crippen molar-refractivity contribution in [2.75, 3.05) is 19.0 Å². The van der Waals surface area contributed by atoms with Crippen molar-refractivity contribution in [2.45, 2.75) is 26.4 Å². The highest BCUT2D eigenvalue weighted by atomic mass is 16.1. The Morgan fingerprint density at radius 3 is 2.73 bits per heavy atom. The normalized spacial score (nSPS) is 12.2. The monoisotopic (exact) mass is 301 g/mol. The van der Waals surface area contributed by atoms with E-state index in [0.29, 0.717) is 18.0 Å². The van der Waals surface area contributed by atoms with Gasteiger partial charge in [-0.1, -0.05) is 19.9 Å². The molecule has 0 saturated heterocycles. The number of amides is 1. The average molecular weight is 301 g/mol. The molecule has 0 radical (unpaired) electrons. The van der Waals surface area contributed by atoms with Crippen LogP contribution in [0.15, 0.2) is 36.9 Å². The Morgan fingerprint density at radius 1 is 1.36 bits per heavy atom. The maximum atomic E-state index is 12.5. The van der Waals surface area contributed by atoms with Crippen LogP contribution in [0.2, 0.25) is 0 Å². The SMILES string of the molecule is CC(C)C(Cn1cncn1)NC(=O)c1cccc(N(C)C)c1. The van der Waals surface area contributed by atoms with Crippen LogP contribution in [-0.2, 0) is 6.54 Å². The van der Waals surface area contributed by atoms with Crippen LogP contribution in [0, 0.1) is 5.92 Å². The standard InChI is InChI=1S/C16H23N5O/c1-12(2)15(9-21-11-17-10-18-21)19-16(22)13-6-5-7-14(8-13)20(3)4/h5-8,10-12,15H,9H2,1-4H3,(H,19,22). The molecule has 22 heavy (non-hydrogen) atoms. The molecule has 1 heterocycles. The molecule has 0 aliphatic rings. The second-order valence-electron chi connectivity index (χ2n) is 5.89. The van der Waals surface area contributed by atoms with Crippen molar-refractivity contribution >= 4 is 11.6 Å². The van der Waals surface area contributed by atoms with Crippen molar-refractivity contribution in [3.63, 3.8) is 0 Å². The molecule has 6 nitrogen and oxygen atoms in total. The van der Waals surface area contributed by atoms with Crippen LogP contribution < -0.4 is 10.2 Å². The van der Waals surface area contributed by atoms with E-state index in [4.69, 9.17) is 0 Å². The molecule has 0 spiro atoms. The van der Waals surface area contributed by atoms with Gasteiger partial charge in [-0.05, 0) is 24.1 Å². The molecule has 0 aliphatic carbocycles. The van der Waals surface area contributed by atoms with Crippen LogP contribution in [-0.4, -0.2) is 40.8 Å². The molecule has 1 N–H and O–H groups in total. The molecule has 0 bridgehead atoms. The fourth-order valence-corrected chi connectivity index (χ4v) is 2.13. The summed E-state index contributed by atoms with van der Waals surface area (Å²) in [5, 5.41) is 7.19. The van der Waals surface area contributed by atoms with Crippen LogP contribution in [0.1, 0.15) is 24.2 Å². The first-order valence-electron chi connectivity index (χ1n) is 7.38. The largest absolute Gasteiger partial charge is 0.378 e. The number of nitrogens with zero attached hydrogens (tertiary/aromatic N) is 4. The molecule has 6 heteroatoms. The van der Waals surface area contributed by atoms with Crippen LogP contribution in [0.3, 0.4) is 0 Å². The average Bonchev–Trinajstić information content (AvgIpc) is 2.99. The molecule has 1 aromatic carbocycles. The van der Waals surface area contributed by atoms with Crippen LogP contribution in [0.4, 0.5) is 5.69 Å². The van der Waals surface area contributed by atoms with E-state index < -0.39 is 0 Å². The number of rotatable bonds is 6. The van der Waals surface area contributed by atoms with Crippen molar-refractivity contribution < 1.29 is 4.79 Å². The minimum Gasteiger partial charge on any atom is -0.378 e. The van der Waals surface area contributed by atoms with E-state index in [0.717, 1.165) is 5.69 Å². The van der Waals surface area contributed by atoms with Crippen molar-refractivity contribution in [1.82, 2.24) is 20.1 Å². The summed E-state index contributed by atoms with van der Waals surface area (Å²) >= 11 is 0. The lowest BCUT2D eigenvalue weighted by Gasteiger charge is -2.22. The topological polar surface area (TPSA) is 63.1 Å². The molecule has 1 atom stereocenters. The Morgan fingerprint density at radius 2 is 2.14 bits per heavy atom. The zero-order valence-electron chi connectivity index (χ0n) is 13.5. The number of hydrogen-bond acceptors (Lipinski definition) is 4. The number of aromatic nitrogens is 3. The second kappa shape index (κ2) is 7.06. The van der Waals surface area contributed by atoms with Gasteiger partial charge in [-0.15, -0.1) is 0 Å². The van der Waals surface area contributed by atoms with E-state index in [1.807, 2.05) is 43.3 Å². The van der Waals surface area contributed by atoms with Gasteiger partial charge >= 0.3 is 0 Å². The molecular weight excluding hydrogens is 278 g/mol. The van der Waals surface area contributed by atoms with E-state index in [9.17, 15) is 4.79 Å². The molecule has 1 amide bonds. The van der Waals surface area contributed by atoms with Gasteiger partial charge < -0.3 is 10.2 Å². The lowest BCUT2D eigenvalue weighted by Crippen LogP contribution is -2.41. The molecule has 1 unspecified atom stereocenters. The molecule has 0 saturated carbocycles. The summed E-state index contributed by atoms with van der Waals surface area (Å²) in [4.78, 5) is 18.4. The maximum absolute atomic E-state index is 12.5. The highest BCUT2D eigenvalue weighted by Gasteiger charge is 2.18. The third kappa shape index (κ3) is 4.07. The van der Waals surface area contributed by atoms with Crippen LogP contribution >= 0.6 is 0 Å². The van der Waals surface area contributed by atoms with E-state index in [1.165, 1.54) is 6.33 Å². The maximum Gasteiger partial charge on any atom is 0.251 e. The minimum absolute atomic E-state index is 0.00258. The van der Waals surface area contributed by atoms with Crippen molar-refractivity contribution in [2.24, 2.45) is 5.92 Å². The molecule has 0 aliphatic heterocycles. The van der Waals surface area contributed by atoms with Gasteiger partial charge in [0.05, 0.1) is 12.6 Å². The molecule has 1 aromatic heterocycles. The van der Waals surface area contributed by atoms with Crippen LogP contribution in [0.25, 0.3) is 0 Å². The Bertz CT molecular complexity index is 607. The van der Waals surface area contributed by atoms with Gasteiger partial charge in [0.1, 0.15) is 12.7 Å². The predicted molar refractivity (Wildman–Crippen MR) is 86.9 cm³/mol. The lowest BCUT2D eigenvalue weighted by atomic mass is 10.0. The third-order valence-electron chi connectivity index (χ3n) is 3.60. The van der Waals surface area contributed by atoms with Crippen molar-refractivity contribution in [3.8, 4) is 0 Å². The van der Waals surface area contributed by atoms with E-state index >= 15 is 0 Å². The summed E-state index contributed by atoms with van der Waals surface area (Å²) in [5.74, 6) is 0.229. The summed E-state index contributed by atoms with van der Waals surface area (Å²) in [6.45, 7) is 4.77. The Labute approximate surface area is 131 Å². The van der Waals surface area contributed by atoms with Crippen molar-refractivity contribution in [1.29, 1.82) is 0 Å². The molecule has 2 rings (SSSR count). The van der Waals surface area contributed by atoms with Gasteiger partial charge in [-0.25, -0.2) is 4.98 Å². The number of nitrogens with one attached hydrogen (secondary N) is 1. The minimum atomic E-state index is -0.0671. The van der Waals surface area contributed by atoms with Crippen LogP contribution in [0.5, 0.6) is 0 Å². The molecule has 0 fully saturated rings. The van der Waals surface area contributed by atoms with Gasteiger partial charge in [-0.2, -0.15) is 5.10 Å². The lowest BCUT2D eigenvalue weighted by molar-refractivity contribution is 0.0919. The Balaban J connectivity index is 2.09. The number of hydrogen-bond donors (Lipinski definition) is 1. The Kier molecular flexibility index (Phi) is 5.14. The van der Waals surface area contributed by atoms with E-state index in [-0.39, 0.29) is 11.9 Å². The van der Waals surface area contributed by atoms with Gasteiger partial charge in [0.25, 0.3) is 5.91 Å². The fourth-order valence-electron chi connectivity index (χ4n) is 2.13. The van der Waals surface area contributed by atoms with Gasteiger partial charge in [0.15, 0.2) is 0 Å². The van der Waals surface area contributed by atoms with Gasteiger partial charge in [0.2, 0.25) is 0 Å². The number of carbonyl (C=O) groups is 1. The predicted octanol–water partition coefficient (Wildman–Crippen LogP) is 1.80. The first-order valence-corrected chi connectivity index (χ1v) is 7.38. The first-order chi connectivity index (χ1) is 10.5. The first kappa shape index (κ1) is 16.0. The van der Waals surface area contributed by atoms with E-state index in [2.05, 4.69) is 29.2 Å². The van der Waals surface area contributed by atoms with E-state index in [1.54, 1.807) is 11.0 Å². The summed E-state index contributed by atoms with van der Waals surface area (Å²) in [6, 6.07) is 7.59. The van der Waals surface area contributed by atoms with Crippen molar-refractivity contribution in [3.05, 3.63) is 42.5 Å². The quantitative estimate of drug-likeness (QED) is 0.883. The number of benzene rings is 1. The summed E-state index contributed by atoms with van der Waals surface area (Å²) in [7, 11) is 3.91. The van der Waals surface area contributed by atoms with Gasteiger partial charge in [0, 0.05) is 25.3 Å². The molecular formula is C16H23N5O. The summed E-state index contributed by atoms with van der Waals surface area (Å²) < 4.78 is 1.74. The summed E-state index contributed by atoms with van der Waals surface area (Å²) in [5.41, 5.74) is 1.67. The second-order valence-corrected chi connectivity index (χ2v) is 5.89. The number of anilines is 1. The molecule has 118 valence electrons. The highest BCUT2D eigenvalue weighted by Crippen LogP contribution is 2.14. The zero-order valence-corrected chi connectivity index (χ0v) is 13.5.